The van der Waals surface area contributed by atoms with Gasteiger partial charge in [0.2, 0.25) is 0 Å². The van der Waals surface area contributed by atoms with Crippen LogP contribution in [0, 0.1) is 5.41 Å². The van der Waals surface area contributed by atoms with Crippen LogP contribution in [0.15, 0.2) is 16.6 Å². The normalized spacial score (nSPS) is 25.1. The van der Waals surface area contributed by atoms with Crippen LogP contribution in [-0.2, 0) is 0 Å². The van der Waals surface area contributed by atoms with Crippen LogP contribution >= 0.6 is 15.9 Å². The third-order valence-corrected chi connectivity index (χ3v) is 4.31. The molecule has 0 bridgehead atoms. The van der Waals surface area contributed by atoms with Crippen molar-refractivity contribution in [3.05, 3.63) is 22.2 Å². The van der Waals surface area contributed by atoms with Gasteiger partial charge in [-0.05, 0) is 53.0 Å². The minimum atomic E-state index is 0.0459. The molecule has 0 amide bonds. The molecule has 0 aromatic heterocycles. The molecular formula is C15H20BrNO2. The van der Waals surface area contributed by atoms with Gasteiger partial charge in [0.25, 0.3) is 0 Å². The maximum Gasteiger partial charge on any atom is 0.175 e. The molecule has 1 fully saturated rings. The van der Waals surface area contributed by atoms with Crippen LogP contribution in [0.5, 0.6) is 11.5 Å². The Morgan fingerprint density at radius 1 is 1.26 bits per heavy atom. The zero-order valence-electron chi connectivity index (χ0n) is 11.5. The Bertz CT molecular complexity index is 481. The second-order valence-electron chi connectivity index (χ2n) is 6.22. The van der Waals surface area contributed by atoms with Gasteiger partial charge in [0.15, 0.2) is 11.5 Å². The van der Waals surface area contributed by atoms with Gasteiger partial charge in [-0.2, -0.15) is 0 Å². The van der Waals surface area contributed by atoms with Gasteiger partial charge in [0, 0.05) is 11.5 Å². The number of halogens is 1. The van der Waals surface area contributed by atoms with Gasteiger partial charge < -0.3 is 14.8 Å². The van der Waals surface area contributed by atoms with E-state index < -0.39 is 0 Å². The molecule has 2 aliphatic rings. The highest BCUT2D eigenvalue weighted by Gasteiger charge is 2.28. The molecule has 0 spiro atoms. The van der Waals surface area contributed by atoms with Crippen LogP contribution in [0.4, 0.5) is 0 Å². The second kappa shape index (κ2) is 4.98. The van der Waals surface area contributed by atoms with Crippen molar-refractivity contribution in [2.45, 2.75) is 32.7 Å². The number of hydrogen-bond donors (Lipinski definition) is 1. The summed E-state index contributed by atoms with van der Waals surface area (Å²) >= 11 is 3.62. The van der Waals surface area contributed by atoms with Crippen LogP contribution in [0.25, 0.3) is 0 Å². The van der Waals surface area contributed by atoms with E-state index in [4.69, 9.17) is 9.47 Å². The van der Waals surface area contributed by atoms with Gasteiger partial charge in [0.1, 0.15) is 0 Å². The van der Waals surface area contributed by atoms with E-state index in [1.54, 1.807) is 0 Å². The summed E-state index contributed by atoms with van der Waals surface area (Å²) in [7, 11) is 0. The van der Waals surface area contributed by atoms with Gasteiger partial charge in [-0.1, -0.05) is 13.8 Å². The number of fused-ring (bicyclic) bond motifs is 1. The smallest absolute Gasteiger partial charge is 0.175 e. The van der Waals surface area contributed by atoms with Crippen molar-refractivity contribution >= 4 is 15.9 Å². The van der Waals surface area contributed by atoms with Gasteiger partial charge in [-0.25, -0.2) is 0 Å². The summed E-state index contributed by atoms with van der Waals surface area (Å²) < 4.78 is 12.9. The second-order valence-corrected chi connectivity index (χ2v) is 7.07. The van der Waals surface area contributed by atoms with Gasteiger partial charge in [-0.3, -0.25) is 0 Å². The van der Waals surface area contributed by atoms with Crippen molar-refractivity contribution in [3.8, 4) is 11.5 Å². The summed E-state index contributed by atoms with van der Waals surface area (Å²) in [5, 5.41) is 3.52. The van der Waals surface area contributed by atoms with E-state index in [2.05, 4.69) is 47.2 Å². The molecule has 1 aromatic carbocycles. The molecule has 1 aromatic rings. The van der Waals surface area contributed by atoms with E-state index in [1.807, 2.05) is 0 Å². The topological polar surface area (TPSA) is 30.5 Å². The molecule has 1 unspecified atom stereocenters. The van der Waals surface area contributed by atoms with Gasteiger partial charge in [0.05, 0.1) is 17.7 Å². The van der Waals surface area contributed by atoms with Gasteiger partial charge in [-0.15, -0.1) is 0 Å². The first kappa shape index (κ1) is 13.3. The number of rotatable bonds is 1. The van der Waals surface area contributed by atoms with Crippen molar-refractivity contribution in [1.29, 1.82) is 0 Å². The van der Waals surface area contributed by atoms with Gasteiger partial charge >= 0.3 is 0 Å². The molecule has 1 saturated heterocycles. The van der Waals surface area contributed by atoms with Crippen molar-refractivity contribution in [1.82, 2.24) is 5.32 Å². The molecule has 0 saturated carbocycles. The quantitative estimate of drug-likeness (QED) is 0.854. The molecular weight excluding hydrogens is 306 g/mol. The summed E-state index contributed by atoms with van der Waals surface area (Å²) in [6, 6.07) is 4.73. The summed E-state index contributed by atoms with van der Waals surface area (Å²) in [6.07, 6.45) is 2.43. The monoisotopic (exact) mass is 325 g/mol. The fourth-order valence-electron chi connectivity index (χ4n) is 2.59. The van der Waals surface area contributed by atoms with Crippen LogP contribution in [0.2, 0.25) is 0 Å². The third-order valence-electron chi connectivity index (χ3n) is 3.72. The summed E-state index contributed by atoms with van der Waals surface area (Å²) in [5.74, 6) is 1.70. The first-order valence-electron chi connectivity index (χ1n) is 6.88. The minimum absolute atomic E-state index is 0.0459. The Labute approximate surface area is 122 Å². The molecule has 3 rings (SSSR count). The molecule has 0 radical (unpaired) electrons. The van der Waals surface area contributed by atoms with Crippen LogP contribution in [0.3, 0.4) is 0 Å². The molecule has 2 aliphatic heterocycles. The van der Waals surface area contributed by atoms with E-state index >= 15 is 0 Å². The Balaban J connectivity index is 1.93. The molecule has 0 aliphatic carbocycles. The molecule has 2 heterocycles. The zero-order chi connectivity index (χ0) is 13.5. The SMILES string of the molecule is CC1(C)COc2cc(C3CCCN3)cc(Br)c2OC1. The largest absolute Gasteiger partial charge is 0.489 e. The summed E-state index contributed by atoms with van der Waals surface area (Å²) in [6.45, 7) is 6.79. The van der Waals surface area contributed by atoms with Crippen molar-refractivity contribution in [2.24, 2.45) is 5.41 Å². The lowest BCUT2D eigenvalue weighted by molar-refractivity contribution is 0.140. The van der Waals surface area contributed by atoms with Crippen LogP contribution in [0.1, 0.15) is 38.3 Å². The third kappa shape index (κ3) is 2.75. The highest BCUT2D eigenvalue weighted by atomic mass is 79.9. The van der Waals surface area contributed by atoms with Crippen LogP contribution < -0.4 is 14.8 Å². The number of benzene rings is 1. The van der Waals surface area contributed by atoms with Crippen molar-refractivity contribution in [3.63, 3.8) is 0 Å². The predicted molar refractivity (Wildman–Crippen MR) is 78.9 cm³/mol. The minimum Gasteiger partial charge on any atom is -0.489 e. The average Bonchev–Trinajstić information content (AvgIpc) is 2.83. The molecule has 1 atom stereocenters. The van der Waals surface area contributed by atoms with E-state index in [1.165, 1.54) is 18.4 Å². The lowest BCUT2D eigenvalue weighted by Gasteiger charge is -2.19. The number of nitrogens with one attached hydrogen (secondary N) is 1. The van der Waals surface area contributed by atoms with E-state index in [0.29, 0.717) is 19.3 Å². The molecule has 104 valence electrons. The Hall–Kier alpha value is -0.740. The maximum absolute atomic E-state index is 5.96. The molecule has 19 heavy (non-hydrogen) atoms. The van der Waals surface area contributed by atoms with E-state index in [9.17, 15) is 0 Å². The zero-order valence-corrected chi connectivity index (χ0v) is 13.0. The summed E-state index contributed by atoms with van der Waals surface area (Å²) in [5.41, 5.74) is 1.33. The fourth-order valence-corrected chi connectivity index (χ4v) is 3.16. The predicted octanol–water partition coefficient (Wildman–Crippen LogP) is 3.67. The Kier molecular flexibility index (Phi) is 3.48. The molecule has 4 heteroatoms. The van der Waals surface area contributed by atoms with Crippen molar-refractivity contribution < 1.29 is 9.47 Å². The first-order chi connectivity index (χ1) is 9.05. The van der Waals surface area contributed by atoms with Crippen molar-refractivity contribution in [2.75, 3.05) is 19.8 Å². The molecule has 1 N–H and O–H groups in total. The Morgan fingerprint density at radius 3 is 2.79 bits per heavy atom. The number of hydrogen-bond acceptors (Lipinski definition) is 3. The fraction of sp³-hybridized carbons (Fsp3) is 0.600. The van der Waals surface area contributed by atoms with E-state index in [-0.39, 0.29) is 5.41 Å². The highest BCUT2D eigenvalue weighted by molar-refractivity contribution is 9.10. The lowest BCUT2D eigenvalue weighted by atomic mass is 9.97. The first-order valence-corrected chi connectivity index (χ1v) is 7.67. The maximum atomic E-state index is 5.96. The molecule has 3 nitrogen and oxygen atoms in total. The van der Waals surface area contributed by atoms with Crippen LogP contribution in [-0.4, -0.2) is 19.8 Å². The average molecular weight is 326 g/mol. The standard InChI is InChI=1S/C15H20BrNO2/c1-15(2)8-18-13-7-10(12-4-3-5-17-12)6-11(16)14(13)19-9-15/h6-7,12,17H,3-5,8-9H2,1-2H3. The highest BCUT2D eigenvalue weighted by Crippen LogP contribution is 2.42. The lowest BCUT2D eigenvalue weighted by Crippen LogP contribution is -2.26. The summed E-state index contributed by atoms with van der Waals surface area (Å²) in [4.78, 5) is 0. The van der Waals surface area contributed by atoms with E-state index in [0.717, 1.165) is 22.5 Å². The Morgan fingerprint density at radius 2 is 2.05 bits per heavy atom. The number of ether oxygens (including phenoxy) is 2.